The highest BCUT2D eigenvalue weighted by molar-refractivity contribution is 7.91. The lowest BCUT2D eigenvalue weighted by Crippen LogP contribution is -2.20. The van der Waals surface area contributed by atoms with E-state index >= 15 is 0 Å². The van der Waals surface area contributed by atoms with Gasteiger partial charge in [-0.2, -0.15) is 0 Å². The Balaban J connectivity index is 2.22. The SMILES string of the molecule is CS(=O)(=O)c1ccc(S(=O)(=O)CC2(CCN)CC2)cc1. The van der Waals surface area contributed by atoms with E-state index in [-0.39, 0.29) is 21.0 Å². The van der Waals surface area contributed by atoms with Crippen LogP contribution in [0.2, 0.25) is 0 Å². The maximum Gasteiger partial charge on any atom is 0.178 e. The molecule has 1 aliphatic carbocycles. The second-order valence-electron chi connectivity index (χ2n) is 5.54. The van der Waals surface area contributed by atoms with Crippen LogP contribution in [0.4, 0.5) is 0 Å². The molecule has 0 aromatic heterocycles. The molecule has 0 radical (unpaired) electrons. The number of hydrogen-bond donors (Lipinski definition) is 1. The molecule has 1 fully saturated rings. The molecule has 2 rings (SSSR count). The normalized spacial score (nSPS) is 17.9. The first-order valence-electron chi connectivity index (χ1n) is 6.42. The summed E-state index contributed by atoms with van der Waals surface area (Å²) in [6.07, 6.45) is 3.60. The summed E-state index contributed by atoms with van der Waals surface area (Å²) in [5.74, 6) is 0.0927. The van der Waals surface area contributed by atoms with Gasteiger partial charge >= 0.3 is 0 Å². The molecule has 1 saturated carbocycles. The topological polar surface area (TPSA) is 94.3 Å². The molecule has 0 bridgehead atoms. The number of benzene rings is 1. The van der Waals surface area contributed by atoms with Crippen LogP contribution in [-0.2, 0) is 19.7 Å². The largest absolute Gasteiger partial charge is 0.330 e. The second kappa shape index (κ2) is 5.13. The lowest BCUT2D eigenvalue weighted by atomic mass is 10.1. The van der Waals surface area contributed by atoms with Gasteiger partial charge in [-0.25, -0.2) is 16.8 Å². The first-order chi connectivity index (χ1) is 9.19. The summed E-state index contributed by atoms with van der Waals surface area (Å²) in [5.41, 5.74) is 5.35. The number of hydrogen-bond acceptors (Lipinski definition) is 5. The van der Waals surface area contributed by atoms with E-state index in [0.29, 0.717) is 13.0 Å². The summed E-state index contributed by atoms with van der Waals surface area (Å²) in [7, 11) is -6.70. The van der Waals surface area contributed by atoms with Crippen LogP contribution in [0.5, 0.6) is 0 Å². The van der Waals surface area contributed by atoms with Crippen molar-refractivity contribution in [2.45, 2.75) is 29.1 Å². The quantitative estimate of drug-likeness (QED) is 0.844. The van der Waals surface area contributed by atoms with Crippen molar-refractivity contribution in [2.75, 3.05) is 18.6 Å². The van der Waals surface area contributed by atoms with E-state index in [9.17, 15) is 16.8 Å². The fraction of sp³-hybridized carbons (Fsp3) is 0.538. The lowest BCUT2D eigenvalue weighted by molar-refractivity contribution is 0.510. The third kappa shape index (κ3) is 3.39. The Morgan fingerprint density at radius 3 is 1.95 bits per heavy atom. The minimum absolute atomic E-state index is 0.0927. The first kappa shape index (κ1) is 15.5. The highest BCUT2D eigenvalue weighted by atomic mass is 32.2. The van der Waals surface area contributed by atoms with Crippen LogP contribution in [0.1, 0.15) is 19.3 Å². The van der Waals surface area contributed by atoms with Crippen molar-refractivity contribution < 1.29 is 16.8 Å². The lowest BCUT2D eigenvalue weighted by Gasteiger charge is -2.14. The molecule has 112 valence electrons. The van der Waals surface area contributed by atoms with Gasteiger partial charge in [0.2, 0.25) is 0 Å². The molecule has 5 nitrogen and oxygen atoms in total. The highest BCUT2D eigenvalue weighted by Crippen LogP contribution is 2.50. The van der Waals surface area contributed by atoms with Crippen LogP contribution in [0, 0.1) is 5.41 Å². The Hall–Kier alpha value is -0.920. The molecule has 0 heterocycles. The highest BCUT2D eigenvalue weighted by Gasteiger charge is 2.45. The maximum atomic E-state index is 12.3. The van der Waals surface area contributed by atoms with Crippen LogP contribution in [0.3, 0.4) is 0 Å². The summed E-state index contributed by atoms with van der Waals surface area (Å²) in [6.45, 7) is 0.489. The van der Waals surface area contributed by atoms with E-state index in [0.717, 1.165) is 19.1 Å². The van der Waals surface area contributed by atoms with Gasteiger partial charge in [0.15, 0.2) is 19.7 Å². The molecule has 0 unspecified atom stereocenters. The Bertz CT molecular complexity index is 686. The van der Waals surface area contributed by atoms with Crippen molar-refractivity contribution in [1.82, 2.24) is 0 Å². The average Bonchev–Trinajstić information content (AvgIpc) is 3.07. The van der Waals surface area contributed by atoms with Gasteiger partial charge in [0, 0.05) is 6.26 Å². The summed E-state index contributed by atoms with van der Waals surface area (Å²) in [5, 5.41) is 0. The first-order valence-corrected chi connectivity index (χ1v) is 9.96. The zero-order valence-electron chi connectivity index (χ0n) is 11.4. The average molecular weight is 317 g/mol. The Kier molecular flexibility index (Phi) is 3.96. The maximum absolute atomic E-state index is 12.3. The Labute approximate surface area is 120 Å². The fourth-order valence-corrected chi connectivity index (χ4v) is 4.92. The molecule has 20 heavy (non-hydrogen) atoms. The Morgan fingerprint density at radius 2 is 1.55 bits per heavy atom. The molecule has 1 aliphatic rings. The summed E-state index contributed by atoms with van der Waals surface area (Å²) in [6, 6.07) is 5.41. The van der Waals surface area contributed by atoms with Gasteiger partial charge in [-0.05, 0) is 55.5 Å². The second-order valence-corrected chi connectivity index (χ2v) is 9.55. The van der Waals surface area contributed by atoms with Crippen LogP contribution >= 0.6 is 0 Å². The molecule has 7 heteroatoms. The van der Waals surface area contributed by atoms with Crippen molar-refractivity contribution in [2.24, 2.45) is 11.1 Å². The molecule has 0 spiro atoms. The molecule has 0 amide bonds. The van der Waals surface area contributed by atoms with Gasteiger partial charge in [0.05, 0.1) is 15.5 Å². The van der Waals surface area contributed by atoms with Crippen LogP contribution in [0.15, 0.2) is 34.1 Å². The van der Waals surface area contributed by atoms with Gasteiger partial charge in [-0.1, -0.05) is 0 Å². The summed E-state index contributed by atoms with van der Waals surface area (Å²) >= 11 is 0. The molecule has 1 aromatic carbocycles. The van der Waals surface area contributed by atoms with Gasteiger partial charge in [0.25, 0.3) is 0 Å². The standard InChI is InChI=1S/C13H19NO4S2/c1-19(15,16)11-2-4-12(5-3-11)20(17,18)10-13(6-7-13)8-9-14/h2-5H,6-10,14H2,1H3. The summed E-state index contributed by atoms with van der Waals surface area (Å²) in [4.78, 5) is 0.299. The van der Waals surface area contributed by atoms with Crippen LogP contribution in [-0.4, -0.2) is 35.4 Å². The molecular formula is C13H19NO4S2. The van der Waals surface area contributed by atoms with Crippen LogP contribution < -0.4 is 5.73 Å². The Morgan fingerprint density at radius 1 is 1.05 bits per heavy atom. The van der Waals surface area contributed by atoms with Crippen molar-refractivity contribution in [3.05, 3.63) is 24.3 Å². The van der Waals surface area contributed by atoms with Gasteiger partial charge in [-0.15, -0.1) is 0 Å². The molecule has 0 atom stereocenters. The molecule has 1 aromatic rings. The predicted octanol–water partition coefficient (Wildman–Crippen LogP) is 0.993. The van der Waals surface area contributed by atoms with E-state index in [1.165, 1.54) is 24.3 Å². The van der Waals surface area contributed by atoms with E-state index in [1.807, 2.05) is 0 Å². The van der Waals surface area contributed by atoms with Gasteiger partial charge in [-0.3, -0.25) is 0 Å². The van der Waals surface area contributed by atoms with Crippen molar-refractivity contribution >= 4 is 19.7 Å². The van der Waals surface area contributed by atoms with Crippen molar-refractivity contribution in [1.29, 1.82) is 0 Å². The molecule has 0 aliphatic heterocycles. The van der Waals surface area contributed by atoms with Crippen molar-refractivity contribution in [3.63, 3.8) is 0 Å². The fourth-order valence-electron chi connectivity index (χ4n) is 2.33. The van der Waals surface area contributed by atoms with Gasteiger partial charge < -0.3 is 5.73 Å². The van der Waals surface area contributed by atoms with E-state index < -0.39 is 19.7 Å². The smallest absolute Gasteiger partial charge is 0.178 e. The third-order valence-electron chi connectivity index (χ3n) is 3.74. The number of sulfone groups is 2. The van der Waals surface area contributed by atoms with E-state index in [2.05, 4.69) is 0 Å². The number of rotatable bonds is 6. The monoisotopic (exact) mass is 317 g/mol. The minimum atomic E-state index is -3.39. The van der Waals surface area contributed by atoms with Crippen molar-refractivity contribution in [3.8, 4) is 0 Å². The van der Waals surface area contributed by atoms with E-state index in [1.54, 1.807) is 0 Å². The van der Waals surface area contributed by atoms with Gasteiger partial charge in [0.1, 0.15) is 0 Å². The molecular weight excluding hydrogens is 298 g/mol. The third-order valence-corrected chi connectivity index (χ3v) is 6.85. The zero-order valence-corrected chi connectivity index (χ0v) is 13.0. The predicted molar refractivity (Wildman–Crippen MR) is 76.9 cm³/mol. The molecule has 0 saturated heterocycles. The summed E-state index contributed by atoms with van der Waals surface area (Å²) < 4.78 is 47.4. The number of nitrogens with two attached hydrogens (primary N) is 1. The molecule has 2 N–H and O–H groups in total. The van der Waals surface area contributed by atoms with E-state index in [4.69, 9.17) is 5.73 Å². The van der Waals surface area contributed by atoms with Crippen LogP contribution in [0.25, 0.3) is 0 Å². The minimum Gasteiger partial charge on any atom is -0.330 e. The zero-order chi connectivity index (χ0) is 15.0.